The lowest BCUT2D eigenvalue weighted by Gasteiger charge is -2.13. The normalized spacial score (nSPS) is 20.7. The van der Waals surface area contributed by atoms with E-state index in [0.717, 1.165) is 14.0 Å². The van der Waals surface area contributed by atoms with Crippen molar-refractivity contribution in [2.45, 2.75) is 10.5 Å². The minimum absolute atomic E-state index is 0.154. The summed E-state index contributed by atoms with van der Waals surface area (Å²) in [6.45, 7) is 0. The average Bonchev–Trinajstić information content (AvgIpc) is 3.81. The molecule has 0 N–H and O–H groups in total. The van der Waals surface area contributed by atoms with Gasteiger partial charge in [-0.1, -0.05) is 12.2 Å². The van der Waals surface area contributed by atoms with Crippen molar-refractivity contribution < 1.29 is 0 Å². The molecule has 4 nitrogen and oxygen atoms in total. The summed E-state index contributed by atoms with van der Waals surface area (Å²) in [5.74, 6) is 0. The minimum Gasteiger partial charge on any atom is -0.192 e. The van der Waals surface area contributed by atoms with E-state index >= 15 is 0 Å². The van der Waals surface area contributed by atoms with Crippen molar-refractivity contribution in [2.75, 3.05) is 0 Å². The summed E-state index contributed by atoms with van der Waals surface area (Å²) >= 11 is 12.2. The molecule has 5 aromatic rings. The fourth-order valence-corrected chi connectivity index (χ4v) is 13.2. The van der Waals surface area contributed by atoms with E-state index in [4.69, 9.17) is 0 Å². The van der Waals surface area contributed by atoms with Gasteiger partial charge in [-0.15, -0.1) is 80.2 Å². The van der Waals surface area contributed by atoms with Crippen LogP contribution in [0.4, 0.5) is 0 Å². The number of hydrogen-bond donors (Lipinski definition) is 0. The van der Waals surface area contributed by atoms with E-state index < -0.39 is 0 Å². The molecular weight excluding hydrogens is 641 g/mol. The fraction of sp³-hybridized carbons (Fsp3) is 0.0667. The van der Waals surface area contributed by atoms with Crippen molar-refractivity contribution in [1.82, 2.24) is 0 Å². The Bertz CT molecular complexity index is 2470. The van der Waals surface area contributed by atoms with E-state index in [0.29, 0.717) is 4.53 Å². The Kier molecular flexibility index (Phi) is 6.99. The molecular formula is C30H12N4S7. The van der Waals surface area contributed by atoms with Crippen molar-refractivity contribution in [1.29, 1.82) is 21.0 Å². The lowest BCUT2D eigenvalue weighted by atomic mass is 10.2. The third-order valence-corrected chi connectivity index (χ3v) is 15.8. The topological polar surface area (TPSA) is 95.2 Å². The monoisotopic (exact) mass is 652 g/mol. The summed E-state index contributed by atoms with van der Waals surface area (Å²) in [6.07, 6.45) is 8.46. The van der Waals surface area contributed by atoms with Gasteiger partial charge in [0, 0.05) is 52.4 Å². The highest BCUT2D eigenvalue weighted by molar-refractivity contribution is 8.11. The molecule has 0 radical (unpaired) electrons. The van der Waals surface area contributed by atoms with Gasteiger partial charge in [-0.25, -0.2) is 0 Å². The standard InChI is InChI=1S/C30H12N4S7/c31-11-15(12-32)17-1-3-19(35-17)21-5-7-23(37-21)25-9-27-29(40-25)30-28(39-27)10-26(41-30)24-8-6-22(38-24)20-4-2-18(36-20)16(13-33)14-34/h1-10,19,21H/b22-20-,25-23+,26-24-. The Balaban J connectivity index is 1.24. The number of rotatable bonds is 1. The number of allylic oxidation sites excluding steroid dienone is 2. The third-order valence-electron chi connectivity index (χ3n) is 6.43. The molecule has 2 aliphatic heterocycles. The van der Waals surface area contributed by atoms with Gasteiger partial charge in [0.25, 0.3) is 0 Å². The van der Waals surface area contributed by atoms with Crippen LogP contribution < -0.4 is 9.06 Å². The van der Waals surface area contributed by atoms with Crippen LogP contribution in [0.2, 0.25) is 0 Å². The molecule has 0 fully saturated rings. The van der Waals surface area contributed by atoms with Gasteiger partial charge in [-0.3, -0.25) is 0 Å². The molecule has 2 unspecified atom stereocenters. The van der Waals surface area contributed by atoms with Crippen molar-refractivity contribution in [3.63, 3.8) is 0 Å². The molecule has 0 aromatic carbocycles. The maximum Gasteiger partial charge on any atom is 0.146 e. The summed E-state index contributed by atoms with van der Waals surface area (Å²) in [5, 5.41) is 37.2. The summed E-state index contributed by atoms with van der Waals surface area (Å²) in [4.78, 5) is 2.03. The van der Waals surface area contributed by atoms with Gasteiger partial charge >= 0.3 is 0 Å². The fourth-order valence-electron chi connectivity index (χ4n) is 4.51. The number of thiophene rings is 5. The van der Waals surface area contributed by atoms with Gasteiger partial charge in [0.15, 0.2) is 0 Å². The van der Waals surface area contributed by atoms with E-state index in [-0.39, 0.29) is 21.6 Å². The first kappa shape index (κ1) is 26.5. The largest absolute Gasteiger partial charge is 0.192 e. The van der Waals surface area contributed by atoms with Crippen LogP contribution in [0.3, 0.4) is 0 Å². The van der Waals surface area contributed by atoms with E-state index in [9.17, 15) is 21.0 Å². The van der Waals surface area contributed by atoms with E-state index in [1.165, 1.54) is 48.6 Å². The van der Waals surface area contributed by atoms with Gasteiger partial charge < -0.3 is 0 Å². The maximum absolute atomic E-state index is 9.19. The Morgan fingerprint density at radius 2 is 1.15 bits per heavy atom. The molecule has 5 aromatic heterocycles. The predicted octanol–water partition coefficient (Wildman–Crippen LogP) is 7.82. The van der Waals surface area contributed by atoms with E-state index in [1.54, 1.807) is 23.1 Å². The van der Waals surface area contributed by atoms with E-state index in [1.807, 2.05) is 88.3 Å². The SMILES string of the molecule is N#CC(C#N)=C1C=CC(C2C=C/C(=c3/cc4sc5c/c(=c6\cc/c(=c7\ccc(=C(C#N)C#N)s7)s6)sc5c4s3)S2)S1. The minimum atomic E-state index is 0.154. The lowest BCUT2D eigenvalue weighted by molar-refractivity contribution is 1.12. The molecule has 2 aliphatic rings. The molecule has 41 heavy (non-hydrogen) atoms. The zero-order valence-electron chi connectivity index (χ0n) is 20.6. The molecule has 0 amide bonds. The van der Waals surface area contributed by atoms with Crippen LogP contribution in [0, 0.1) is 63.5 Å². The summed E-state index contributed by atoms with van der Waals surface area (Å²) in [7, 11) is 0. The van der Waals surface area contributed by atoms with Gasteiger partial charge in [0.05, 0.1) is 13.9 Å². The van der Waals surface area contributed by atoms with Gasteiger partial charge in [-0.2, -0.15) is 21.0 Å². The van der Waals surface area contributed by atoms with Gasteiger partial charge in [-0.05, 0) is 48.6 Å². The van der Waals surface area contributed by atoms with Crippen molar-refractivity contribution in [3.8, 4) is 24.3 Å². The molecule has 0 saturated heterocycles. The molecule has 0 spiro atoms. The van der Waals surface area contributed by atoms with Gasteiger partial charge in [0.2, 0.25) is 0 Å². The second kappa shape index (κ2) is 10.8. The first-order valence-corrected chi connectivity index (χ1v) is 17.9. The van der Waals surface area contributed by atoms with Crippen LogP contribution in [0.5, 0.6) is 0 Å². The highest BCUT2D eigenvalue weighted by atomic mass is 32.2. The lowest BCUT2D eigenvalue weighted by Crippen LogP contribution is -2.11. The smallest absolute Gasteiger partial charge is 0.146 e. The molecule has 7 rings (SSSR count). The van der Waals surface area contributed by atoms with Crippen molar-refractivity contribution in [3.05, 3.63) is 98.4 Å². The van der Waals surface area contributed by atoms with Crippen LogP contribution in [0.1, 0.15) is 0 Å². The Morgan fingerprint density at radius 1 is 0.561 bits per heavy atom. The second-order valence-corrected chi connectivity index (χ2v) is 16.6. The molecule has 0 aliphatic carbocycles. The van der Waals surface area contributed by atoms with E-state index in [2.05, 4.69) is 42.5 Å². The average molecular weight is 653 g/mol. The van der Waals surface area contributed by atoms with Crippen LogP contribution in [0.15, 0.2) is 71.2 Å². The predicted molar refractivity (Wildman–Crippen MR) is 176 cm³/mol. The highest BCUT2D eigenvalue weighted by Gasteiger charge is 2.28. The Morgan fingerprint density at radius 3 is 1.88 bits per heavy atom. The van der Waals surface area contributed by atoms with Crippen molar-refractivity contribution in [2.24, 2.45) is 0 Å². The third kappa shape index (κ3) is 4.71. The van der Waals surface area contributed by atoms with Gasteiger partial charge in [0.1, 0.15) is 35.4 Å². The van der Waals surface area contributed by atoms with Crippen LogP contribution >= 0.6 is 80.2 Å². The Labute approximate surface area is 261 Å². The number of hydrogen-bond acceptors (Lipinski definition) is 11. The molecule has 0 bridgehead atoms. The molecule has 7 heterocycles. The van der Waals surface area contributed by atoms with Crippen LogP contribution in [-0.4, -0.2) is 10.5 Å². The maximum atomic E-state index is 9.19. The summed E-state index contributed by atoms with van der Waals surface area (Å²) < 4.78 is 12.0. The summed E-state index contributed by atoms with van der Waals surface area (Å²) in [5.41, 5.74) is 0.340. The highest BCUT2D eigenvalue weighted by Crippen LogP contribution is 2.45. The zero-order valence-corrected chi connectivity index (χ0v) is 26.3. The zero-order chi connectivity index (χ0) is 28.1. The van der Waals surface area contributed by atoms with Crippen LogP contribution in [0.25, 0.3) is 29.3 Å². The molecule has 11 heteroatoms. The second-order valence-electron chi connectivity index (χ2n) is 8.85. The quantitative estimate of drug-likeness (QED) is 0.171. The number of fused-ring (bicyclic) bond motifs is 3. The molecule has 0 saturated carbocycles. The first-order chi connectivity index (χ1) is 20.1. The summed E-state index contributed by atoms with van der Waals surface area (Å²) in [6, 6.07) is 20.7. The Hall–Kier alpha value is -3.36. The van der Waals surface area contributed by atoms with Crippen molar-refractivity contribution >= 4 is 109 Å². The number of nitriles is 4. The molecule has 2 atom stereocenters. The van der Waals surface area contributed by atoms with Crippen LogP contribution in [-0.2, 0) is 0 Å². The molecule has 194 valence electrons. The number of nitrogens with zero attached hydrogens (tertiary/aromatic N) is 4. The first-order valence-electron chi connectivity index (χ1n) is 12.0. The number of thioether (sulfide) groups is 2.